The number of aromatic amines is 2. The molecule has 5 nitrogen and oxygen atoms in total. The highest BCUT2D eigenvalue weighted by Gasteiger charge is 1.98. The maximum absolute atomic E-state index is 12.4. The van der Waals surface area contributed by atoms with E-state index in [0.717, 1.165) is 22.6 Å². The summed E-state index contributed by atoms with van der Waals surface area (Å²) in [4.78, 5) is 30.0. The third kappa shape index (κ3) is 4.80. The summed E-state index contributed by atoms with van der Waals surface area (Å²) in [6.07, 6.45) is 5.34. The van der Waals surface area contributed by atoms with Gasteiger partial charge >= 0.3 is 0 Å². The first-order valence-corrected chi connectivity index (χ1v) is 9.76. The predicted molar refractivity (Wildman–Crippen MR) is 111 cm³/mol. The zero-order valence-corrected chi connectivity index (χ0v) is 15.9. The molecular weight excluding hydrogens is 360 g/mol. The first-order chi connectivity index (χ1) is 13.1. The Bertz CT molecular complexity index is 1140. The van der Waals surface area contributed by atoms with E-state index in [0.29, 0.717) is 0 Å². The highest BCUT2D eigenvalue weighted by Crippen LogP contribution is 2.11. The van der Waals surface area contributed by atoms with E-state index in [-0.39, 0.29) is 21.8 Å². The molecule has 3 aromatic rings. The van der Waals surface area contributed by atoms with Gasteiger partial charge in [0.2, 0.25) is 0 Å². The fourth-order valence-corrected chi connectivity index (χ4v) is 3.13. The van der Waals surface area contributed by atoms with E-state index in [1.54, 1.807) is 43.2 Å². The quantitative estimate of drug-likeness (QED) is 0.705. The second kappa shape index (κ2) is 8.60. The molecule has 0 aliphatic heterocycles. The van der Waals surface area contributed by atoms with Crippen LogP contribution in [0.5, 0.6) is 5.75 Å². The summed E-state index contributed by atoms with van der Waals surface area (Å²) in [6, 6.07) is 15.1. The topological polar surface area (TPSA) is 75.0 Å². The lowest BCUT2D eigenvalue weighted by Crippen LogP contribution is -2.46. The van der Waals surface area contributed by atoms with Crippen molar-refractivity contribution in [1.29, 1.82) is 0 Å². The highest BCUT2D eigenvalue weighted by atomic mass is 32.2. The number of thioether (sulfide) groups is 1. The number of H-pyrrole nitrogens is 2. The summed E-state index contributed by atoms with van der Waals surface area (Å²) in [7, 11) is 1.59. The number of aromatic nitrogens is 2. The second-order valence-corrected chi connectivity index (χ2v) is 6.84. The average Bonchev–Trinajstić information content (AvgIpc) is 2.68. The SMILES string of the molecule is COc1ccc(/C=c2\[nH]c(=O)/c(=C/c3ccc(CSC)cc3)[nH]c2=O)cc1. The zero-order valence-electron chi connectivity index (χ0n) is 15.1. The van der Waals surface area contributed by atoms with Gasteiger partial charge in [0.15, 0.2) is 0 Å². The van der Waals surface area contributed by atoms with Crippen molar-refractivity contribution in [1.82, 2.24) is 9.97 Å². The van der Waals surface area contributed by atoms with Gasteiger partial charge in [-0.15, -0.1) is 0 Å². The Kier molecular flexibility index (Phi) is 5.98. The molecule has 27 heavy (non-hydrogen) atoms. The predicted octanol–water partition coefficient (Wildman–Crippen LogP) is 1.59. The van der Waals surface area contributed by atoms with Crippen LogP contribution in [0.1, 0.15) is 16.7 Å². The molecule has 0 aliphatic rings. The molecule has 1 aromatic heterocycles. The van der Waals surface area contributed by atoms with Crippen LogP contribution >= 0.6 is 11.8 Å². The number of nitrogens with one attached hydrogen (secondary N) is 2. The maximum Gasteiger partial charge on any atom is 0.272 e. The third-order valence-electron chi connectivity index (χ3n) is 4.01. The van der Waals surface area contributed by atoms with Crippen molar-refractivity contribution in [2.45, 2.75) is 5.75 Å². The van der Waals surface area contributed by atoms with Crippen molar-refractivity contribution in [3.63, 3.8) is 0 Å². The van der Waals surface area contributed by atoms with Crippen molar-refractivity contribution in [3.05, 3.63) is 96.6 Å². The second-order valence-electron chi connectivity index (χ2n) is 5.97. The van der Waals surface area contributed by atoms with Gasteiger partial charge in [0.1, 0.15) is 16.4 Å². The molecule has 2 aromatic carbocycles. The molecule has 0 amide bonds. The molecule has 0 saturated heterocycles. The minimum atomic E-state index is -0.351. The van der Waals surface area contributed by atoms with Gasteiger partial charge in [-0.1, -0.05) is 36.4 Å². The smallest absolute Gasteiger partial charge is 0.272 e. The Morgan fingerprint density at radius 1 is 0.852 bits per heavy atom. The monoisotopic (exact) mass is 380 g/mol. The van der Waals surface area contributed by atoms with Gasteiger partial charge in [-0.25, -0.2) is 0 Å². The van der Waals surface area contributed by atoms with Crippen LogP contribution in [0, 0.1) is 0 Å². The van der Waals surface area contributed by atoms with Crippen molar-refractivity contribution in [3.8, 4) is 5.75 Å². The Morgan fingerprint density at radius 2 is 1.33 bits per heavy atom. The average molecular weight is 380 g/mol. The van der Waals surface area contributed by atoms with Crippen LogP contribution in [-0.2, 0) is 5.75 Å². The fourth-order valence-electron chi connectivity index (χ4n) is 2.61. The van der Waals surface area contributed by atoms with Gasteiger partial charge < -0.3 is 14.7 Å². The first kappa shape index (κ1) is 18.8. The summed E-state index contributed by atoms with van der Waals surface area (Å²) in [5.41, 5.74) is 2.16. The molecule has 0 aliphatic carbocycles. The molecule has 0 saturated carbocycles. The van der Waals surface area contributed by atoms with Crippen molar-refractivity contribution in [2.24, 2.45) is 0 Å². The molecule has 138 valence electrons. The fraction of sp³-hybridized carbons (Fsp3) is 0.143. The van der Waals surface area contributed by atoms with Gasteiger partial charge in [-0.3, -0.25) is 9.59 Å². The Balaban J connectivity index is 1.98. The van der Waals surface area contributed by atoms with Crippen molar-refractivity contribution < 1.29 is 4.74 Å². The van der Waals surface area contributed by atoms with E-state index in [4.69, 9.17) is 4.74 Å². The summed E-state index contributed by atoms with van der Waals surface area (Å²) in [6.45, 7) is 0. The molecule has 2 N–H and O–H groups in total. The standard InChI is InChI=1S/C21H20N2O3S/c1-26-17-9-7-15(8-10-17)12-19-21(25)22-18(20(24)23-19)11-14-3-5-16(6-4-14)13-27-2/h3-12H,13H2,1-2H3,(H,22,25)(H,23,24)/b18-11-,19-12-. The van der Waals surface area contributed by atoms with Crippen LogP contribution < -0.4 is 26.6 Å². The molecular formula is C21H20N2O3S. The van der Waals surface area contributed by atoms with Crippen molar-refractivity contribution in [2.75, 3.05) is 13.4 Å². The summed E-state index contributed by atoms with van der Waals surface area (Å²) in [5, 5.41) is 0.433. The molecule has 1 heterocycles. The number of hydrogen-bond acceptors (Lipinski definition) is 4. The summed E-state index contributed by atoms with van der Waals surface area (Å²) >= 11 is 1.75. The lowest BCUT2D eigenvalue weighted by molar-refractivity contribution is 0.415. The van der Waals surface area contributed by atoms with Gasteiger partial charge in [0.25, 0.3) is 11.1 Å². The van der Waals surface area contributed by atoms with E-state index in [2.05, 4.69) is 16.2 Å². The molecule has 0 bridgehead atoms. The lowest BCUT2D eigenvalue weighted by Gasteiger charge is -1.99. The van der Waals surface area contributed by atoms with E-state index >= 15 is 0 Å². The Hall–Kier alpha value is -2.99. The van der Waals surface area contributed by atoms with Crippen molar-refractivity contribution >= 4 is 23.9 Å². The third-order valence-corrected chi connectivity index (χ3v) is 4.64. The highest BCUT2D eigenvalue weighted by molar-refractivity contribution is 7.97. The van der Waals surface area contributed by atoms with Crippen LogP contribution in [0.2, 0.25) is 0 Å². The minimum Gasteiger partial charge on any atom is -0.497 e. The van der Waals surface area contributed by atoms with Crippen LogP contribution in [0.3, 0.4) is 0 Å². The molecule has 0 atom stereocenters. The van der Waals surface area contributed by atoms with Crippen LogP contribution in [0.25, 0.3) is 12.2 Å². The molecule has 6 heteroatoms. The molecule has 0 radical (unpaired) electrons. The van der Waals surface area contributed by atoms with Crippen LogP contribution in [-0.4, -0.2) is 23.3 Å². The number of ether oxygens (including phenoxy) is 1. The summed E-state index contributed by atoms with van der Waals surface area (Å²) in [5.74, 6) is 1.66. The van der Waals surface area contributed by atoms with Gasteiger partial charge in [0.05, 0.1) is 7.11 Å². The van der Waals surface area contributed by atoms with Crippen LogP contribution in [0.15, 0.2) is 58.1 Å². The van der Waals surface area contributed by atoms with E-state index in [1.165, 1.54) is 5.56 Å². The number of methoxy groups -OCH3 is 1. The van der Waals surface area contributed by atoms with E-state index in [1.807, 2.05) is 36.4 Å². The Labute approximate surface area is 160 Å². The molecule has 3 rings (SSSR count). The summed E-state index contributed by atoms with van der Waals surface area (Å²) < 4.78 is 5.11. The zero-order chi connectivity index (χ0) is 19.2. The molecule has 0 fully saturated rings. The first-order valence-electron chi connectivity index (χ1n) is 8.37. The largest absolute Gasteiger partial charge is 0.497 e. The van der Waals surface area contributed by atoms with E-state index in [9.17, 15) is 9.59 Å². The number of rotatable bonds is 5. The lowest BCUT2D eigenvalue weighted by atomic mass is 10.1. The molecule has 0 unspecified atom stereocenters. The minimum absolute atomic E-state index is 0.206. The van der Waals surface area contributed by atoms with Gasteiger partial charge in [-0.2, -0.15) is 11.8 Å². The number of hydrogen-bond donors (Lipinski definition) is 2. The molecule has 0 spiro atoms. The van der Waals surface area contributed by atoms with E-state index < -0.39 is 0 Å². The Morgan fingerprint density at radius 3 is 1.78 bits per heavy atom. The number of benzene rings is 2. The maximum atomic E-state index is 12.4. The normalized spacial score (nSPS) is 12.4. The van der Waals surface area contributed by atoms with Gasteiger partial charge in [0, 0.05) is 5.75 Å². The van der Waals surface area contributed by atoms with Crippen LogP contribution in [0.4, 0.5) is 0 Å². The van der Waals surface area contributed by atoms with Gasteiger partial charge in [-0.05, 0) is 47.2 Å².